The highest BCUT2D eigenvalue weighted by molar-refractivity contribution is 8.00. The molecule has 1 unspecified atom stereocenters. The Labute approximate surface area is 173 Å². The van der Waals surface area contributed by atoms with Gasteiger partial charge in [-0.05, 0) is 67.0 Å². The molecule has 0 aromatic heterocycles. The monoisotopic (exact) mass is 409 g/mol. The van der Waals surface area contributed by atoms with Crippen LogP contribution in [0.3, 0.4) is 0 Å². The quantitative estimate of drug-likeness (QED) is 0.469. The normalized spacial score (nSPS) is 13.7. The minimum atomic E-state index is -0.806. The Bertz CT molecular complexity index is 650. The molecule has 0 heterocycles. The largest absolute Gasteiger partial charge is 0.460 e. The maximum Gasteiger partial charge on any atom is 0.306 e. The van der Waals surface area contributed by atoms with Crippen LogP contribution in [-0.4, -0.2) is 39.0 Å². The predicted molar refractivity (Wildman–Crippen MR) is 114 cm³/mol. The first-order valence-corrected chi connectivity index (χ1v) is 10.5. The van der Waals surface area contributed by atoms with E-state index in [0.717, 1.165) is 4.90 Å². The van der Waals surface area contributed by atoms with E-state index < -0.39 is 22.0 Å². The lowest BCUT2D eigenvalue weighted by atomic mass is 9.96. The maximum absolute atomic E-state index is 12.4. The van der Waals surface area contributed by atoms with Crippen LogP contribution in [0.15, 0.2) is 35.2 Å². The number of esters is 1. The fraction of sp³-hybridized carbons (Fsp3) is 0.636. The minimum Gasteiger partial charge on any atom is -0.460 e. The van der Waals surface area contributed by atoms with Crippen molar-refractivity contribution in [2.75, 3.05) is 0 Å². The number of rotatable bonds is 9. The SMILES string of the molecule is CC(C)(CCC(=O)OC(C)(C)C)NC(=O)CC(O)C(C)(C)Sc1ccccc1. The van der Waals surface area contributed by atoms with Crippen molar-refractivity contribution in [2.24, 2.45) is 0 Å². The van der Waals surface area contributed by atoms with Crippen molar-refractivity contribution < 1.29 is 19.4 Å². The summed E-state index contributed by atoms with van der Waals surface area (Å²) >= 11 is 1.54. The summed E-state index contributed by atoms with van der Waals surface area (Å²) in [6.07, 6.45) is -0.115. The van der Waals surface area contributed by atoms with Gasteiger partial charge in [0.2, 0.25) is 5.91 Å². The lowest BCUT2D eigenvalue weighted by molar-refractivity contribution is -0.155. The number of hydrogen-bond donors (Lipinski definition) is 2. The third-order valence-electron chi connectivity index (χ3n) is 4.16. The molecule has 1 aromatic carbocycles. The summed E-state index contributed by atoms with van der Waals surface area (Å²) in [6.45, 7) is 13.1. The Hall–Kier alpha value is -1.53. The van der Waals surface area contributed by atoms with E-state index in [1.54, 1.807) is 11.8 Å². The summed E-state index contributed by atoms with van der Waals surface area (Å²) in [5.41, 5.74) is -1.08. The van der Waals surface area contributed by atoms with Crippen LogP contribution in [0.25, 0.3) is 0 Å². The molecule has 28 heavy (non-hydrogen) atoms. The third-order valence-corrected chi connectivity index (χ3v) is 5.46. The number of ether oxygens (including phenoxy) is 1. The van der Waals surface area contributed by atoms with Gasteiger partial charge in [-0.15, -0.1) is 11.8 Å². The van der Waals surface area contributed by atoms with Gasteiger partial charge in [0, 0.05) is 21.6 Å². The van der Waals surface area contributed by atoms with Crippen LogP contribution in [0.2, 0.25) is 0 Å². The van der Waals surface area contributed by atoms with E-state index in [1.807, 2.05) is 78.8 Å². The average molecular weight is 410 g/mol. The first kappa shape index (κ1) is 24.5. The fourth-order valence-corrected chi connectivity index (χ4v) is 3.70. The molecule has 0 aliphatic rings. The molecule has 0 radical (unpaired) electrons. The minimum absolute atomic E-state index is 0.00268. The molecule has 158 valence electrons. The van der Waals surface area contributed by atoms with Crippen molar-refractivity contribution in [1.29, 1.82) is 0 Å². The van der Waals surface area contributed by atoms with E-state index in [4.69, 9.17) is 4.74 Å². The maximum atomic E-state index is 12.4. The second-order valence-corrected chi connectivity index (χ2v) is 11.0. The number of aliphatic hydroxyl groups excluding tert-OH is 1. The summed E-state index contributed by atoms with van der Waals surface area (Å²) in [4.78, 5) is 25.4. The lowest BCUT2D eigenvalue weighted by Gasteiger charge is -2.32. The van der Waals surface area contributed by atoms with Gasteiger partial charge in [0.25, 0.3) is 0 Å². The number of benzene rings is 1. The molecule has 6 heteroatoms. The fourth-order valence-electron chi connectivity index (χ4n) is 2.58. The highest BCUT2D eigenvalue weighted by Crippen LogP contribution is 2.36. The van der Waals surface area contributed by atoms with Crippen molar-refractivity contribution in [3.8, 4) is 0 Å². The zero-order valence-electron chi connectivity index (χ0n) is 18.2. The van der Waals surface area contributed by atoms with E-state index in [9.17, 15) is 14.7 Å². The van der Waals surface area contributed by atoms with Gasteiger partial charge in [-0.1, -0.05) is 18.2 Å². The van der Waals surface area contributed by atoms with Gasteiger partial charge >= 0.3 is 5.97 Å². The van der Waals surface area contributed by atoms with E-state index in [-0.39, 0.29) is 24.7 Å². The second kappa shape index (κ2) is 9.79. The molecular formula is C22H35NO4S. The molecule has 1 rings (SSSR count). The standard InChI is InChI=1S/C22H35NO4S/c1-20(2,3)27-19(26)13-14-21(4,5)23-18(25)15-17(24)22(6,7)28-16-11-9-8-10-12-16/h8-12,17,24H,13-15H2,1-7H3,(H,23,25). The first-order valence-electron chi connectivity index (χ1n) is 9.65. The zero-order chi connectivity index (χ0) is 21.6. The van der Waals surface area contributed by atoms with Crippen molar-refractivity contribution in [3.05, 3.63) is 30.3 Å². The molecule has 5 nitrogen and oxygen atoms in total. The van der Waals surface area contributed by atoms with Gasteiger partial charge in [-0.25, -0.2) is 0 Å². The summed E-state index contributed by atoms with van der Waals surface area (Å²) < 4.78 is 4.79. The Balaban J connectivity index is 2.53. The van der Waals surface area contributed by atoms with Crippen LogP contribution < -0.4 is 5.32 Å². The zero-order valence-corrected chi connectivity index (χ0v) is 19.0. The van der Waals surface area contributed by atoms with E-state index in [0.29, 0.717) is 6.42 Å². The Morgan fingerprint density at radius 3 is 2.18 bits per heavy atom. The first-order chi connectivity index (χ1) is 12.7. The molecule has 0 fully saturated rings. The number of nitrogens with one attached hydrogen (secondary N) is 1. The number of thioether (sulfide) groups is 1. The number of hydrogen-bond acceptors (Lipinski definition) is 5. The van der Waals surface area contributed by atoms with Crippen LogP contribution in [0, 0.1) is 0 Å². The van der Waals surface area contributed by atoms with Gasteiger partial charge in [0.15, 0.2) is 0 Å². The van der Waals surface area contributed by atoms with Crippen LogP contribution in [0.4, 0.5) is 0 Å². The molecule has 0 aliphatic heterocycles. The Morgan fingerprint density at radius 1 is 1.07 bits per heavy atom. The molecule has 0 aliphatic carbocycles. The molecule has 0 saturated heterocycles. The van der Waals surface area contributed by atoms with Gasteiger partial charge in [-0.2, -0.15) is 0 Å². The van der Waals surface area contributed by atoms with E-state index in [1.165, 1.54) is 0 Å². The number of aliphatic hydroxyl groups is 1. The molecule has 0 saturated carbocycles. The van der Waals surface area contributed by atoms with Crippen molar-refractivity contribution in [1.82, 2.24) is 5.32 Å². The highest BCUT2D eigenvalue weighted by atomic mass is 32.2. The smallest absolute Gasteiger partial charge is 0.306 e. The summed E-state index contributed by atoms with van der Waals surface area (Å²) in [5, 5.41) is 13.5. The molecule has 2 N–H and O–H groups in total. The average Bonchev–Trinajstić information content (AvgIpc) is 2.51. The number of carbonyl (C=O) groups is 2. The Morgan fingerprint density at radius 2 is 1.64 bits per heavy atom. The van der Waals surface area contributed by atoms with Crippen LogP contribution in [0.5, 0.6) is 0 Å². The number of amides is 1. The second-order valence-electron chi connectivity index (χ2n) is 9.26. The Kier molecular flexibility index (Phi) is 8.57. The third kappa shape index (κ3) is 9.60. The van der Waals surface area contributed by atoms with E-state index >= 15 is 0 Å². The van der Waals surface area contributed by atoms with Crippen molar-refractivity contribution in [2.45, 2.75) is 94.6 Å². The predicted octanol–water partition coefficient (Wildman–Crippen LogP) is 4.33. The molecule has 0 bridgehead atoms. The number of carbonyl (C=O) groups excluding carboxylic acids is 2. The summed E-state index contributed by atoms with van der Waals surface area (Å²) in [7, 11) is 0. The van der Waals surface area contributed by atoms with Crippen molar-refractivity contribution >= 4 is 23.6 Å². The molecule has 1 aromatic rings. The van der Waals surface area contributed by atoms with Crippen molar-refractivity contribution in [3.63, 3.8) is 0 Å². The molecular weight excluding hydrogens is 374 g/mol. The molecule has 1 amide bonds. The summed E-state index contributed by atoms with van der Waals surface area (Å²) in [6, 6.07) is 9.81. The highest BCUT2D eigenvalue weighted by Gasteiger charge is 2.32. The molecule has 0 spiro atoms. The van der Waals surface area contributed by atoms with Gasteiger partial charge in [0.05, 0.1) is 12.5 Å². The van der Waals surface area contributed by atoms with Gasteiger partial charge in [-0.3, -0.25) is 9.59 Å². The lowest BCUT2D eigenvalue weighted by Crippen LogP contribution is -2.46. The topological polar surface area (TPSA) is 75.6 Å². The molecule has 1 atom stereocenters. The van der Waals surface area contributed by atoms with Gasteiger partial charge in [0.1, 0.15) is 5.60 Å². The van der Waals surface area contributed by atoms with Crippen LogP contribution in [0.1, 0.15) is 67.7 Å². The van der Waals surface area contributed by atoms with Crippen LogP contribution in [-0.2, 0) is 14.3 Å². The van der Waals surface area contributed by atoms with Gasteiger partial charge < -0.3 is 15.2 Å². The van der Waals surface area contributed by atoms with Crippen LogP contribution >= 0.6 is 11.8 Å². The summed E-state index contributed by atoms with van der Waals surface area (Å²) in [5.74, 6) is -0.515. The van der Waals surface area contributed by atoms with E-state index in [2.05, 4.69) is 5.32 Å².